The highest BCUT2D eigenvalue weighted by molar-refractivity contribution is 5.81. The van der Waals surface area contributed by atoms with Crippen molar-refractivity contribution in [2.24, 2.45) is 0 Å². The second-order valence-electron chi connectivity index (χ2n) is 3.45. The average Bonchev–Trinajstić information content (AvgIpc) is 2.07. The topological polar surface area (TPSA) is 0 Å². The fraction of sp³-hybridized carbons (Fsp3) is 0.333. The van der Waals surface area contributed by atoms with E-state index in [4.69, 9.17) is 0 Å². The summed E-state index contributed by atoms with van der Waals surface area (Å²) in [4.78, 5) is 0. The number of hydrogen-bond acceptors (Lipinski definition) is 0. The van der Waals surface area contributed by atoms with Crippen LogP contribution in [0.15, 0.2) is 29.8 Å². The van der Waals surface area contributed by atoms with E-state index in [2.05, 4.69) is 38.1 Å². The first-order valence-electron chi connectivity index (χ1n) is 4.60. The van der Waals surface area contributed by atoms with E-state index >= 15 is 0 Å². The van der Waals surface area contributed by atoms with Gasteiger partial charge in [0.15, 0.2) is 0 Å². The predicted octanol–water partition coefficient (Wildman–Crippen LogP) is 3.43. The number of hydrogen-bond donors (Lipinski definition) is 0. The molecule has 0 saturated carbocycles. The van der Waals surface area contributed by atoms with E-state index in [0.717, 1.165) is 0 Å². The molecule has 62 valence electrons. The zero-order valence-corrected chi connectivity index (χ0v) is 7.72. The van der Waals surface area contributed by atoms with Crippen molar-refractivity contribution in [2.45, 2.75) is 26.7 Å². The molecule has 1 aromatic carbocycles. The SMILES string of the molecule is CC/C(C)=C1\Cc2ccccc21. The molecule has 0 amide bonds. The Morgan fingerprint density at radius 3 is 2.75 bits per heavy atom. The zero-order chi connectivity index (χ0) is 8.55. The van der Waals surface area contributed by atoms with Crippen molar-refractivity contribution in [3.05, 3.63) is 41.0 Å². The van der Waals surface area contributed by atoms with E-state index in [1.54, 1.807) is 11.1 Å². The normalized spacial score (nSPS) is 18.2. The van der Waals surface area contributed by atoms with E-state index in [0.29, 0.717) is 0 Å². The molecule has 0 spiro atoms. The van der Waals surface area contributed by atoms with Gasteiger partial charge < -0.3 is 0 Å². The van der Waals surface area contributed by atoms with Gasteiger partial charge in [0.2, 0.25) is 0 Å². The molecular weight excluding hydrogens is 144 g/mol. The van der Waals surface area contributed by atoms with Crippen molar-refractivity contribution in [3.63, 3.8) is 0 Å². The third kappa shape index (κ3) is 0.989. The summed E-state index contributed by atoms with van der Waals surface area (Å²) in [6, 6.07) is 8.70. The molecule has 0 N–H and O–H groups in total. The molecule has 0 aliphatic heterocycles. The fourth-order valence-corrected chi connectivity index (χ4v) is 1.74. The van der Waals surface area contributed by atoms with Gasteiger partial charge in [-0.3, -0.25) is 0 Å². The Morgan fingerprint density at radius 2 is 2.08 bits per heavy atom. The van der Waals surface area contributed by atoms with E-state index in [1.165, 1.54) is 24.0 Å². The Morgan fingerprint density at radius 1 is 1.33 bits per heavy atom. The molecule has 1 aromatic rings. The summed E-state index contributed by atoms with van der Waals surface area (Å²) in [5, 5.41) is 0. The summed E-state index contributed by atoms with van der Waals surface area (Å²) in [5.41, 5.74) is 6.12. The van der Waals surface area contributed by atoms with Gasteiger partial charge in [0.25, 0.3) is 0 Å². The fourth-order valence-electron chi connectivity index (χ4n) is 1.74. The molecule has 0 radical (unpaired) electrons. The molecule has 1 aliphatic rings. The molecule has 0 heterocycles. The molecule has 0 atom stereocenters. The summed E-state index contributed by atoms with van der Waals surface area (Å²) in [6.45, 7) is 4.47. The van der Waals surface area contributed by atoms with Gasteiger partial charge in [-0.2, -0.15) is 0 Å². The molecule has 0 unspecified atom stereocenters. The van der Waals surface area contributed by atoms with E-state index in [1.807, 2.05) is 0 Å². The average molecular weight is 158 g/mol. The summed E-state index contributed by atoms with van der Waals surface area (Å²) < 4.78 is 0. The first-order chi connectivity index (χ1) is 5.83. The minimum absolute atomic E-state index is 1.18. The van der Waals surface area contributed by atoms with Crippen molar-refractivity contribution >= 4 is 5.57 Å². The maximum Gasteiger partial charge on any atom is -0.00142 e. The summed E-state index contributed by atoms with van der Waals surface area (Å²) >= 11 is 0. The van der Waals surface area contributed by atoms with Crippen molar-refractivity contribution in [1.29, 1.82) is 0 Å². The third-order valence-corrected chi connectivity index (χ3v) is 2.76. The Labute approximate surface area is 73.9 Å². The molecule has 0 fully saturated rings. The Kier molecular flexibility index (Phi) is 1.76. The van der Waals surface area contributed by atoms with Gasteiger partial charge in [0, 0.05) is 0 Å². The first kappa shape index (κ1) is 7.60. The monoisotopic (exact) mass is 158 g/mol. The van der Waals surface area contributed by atoms with Crippen LogP contribution in [0.4, 0.5) is 0 Å². The van der Waals surface area contributed by atoms with Gasteiger partial charge in [0.05, 0.1) is 0 Å². The minimum atomic E-state index is 1.18. The van der Waals surface area contributed by atoms with Crippen LogP contribution in [-0.2, 0) is 6.42 Å². The number of rotatable bonds is 1. The second-order valence-corrected chi connectivity index (χ2v) is 3.45. The van der Waals surface area contributed by atoms with Crippen molar-refractivity contribution in [1.82, 2.24) is 0 Å². The smallest absolute Gasteiger partial charge is 0.00142 e. The molecule has 2 rings (SSSR count). The van der Waals surface area contributed by atoms with Crippen LogP contribution < -0.4 is 0 Å². The van der Waals surface area contributed by atoms with Crippen LogP contribution in [0.5, 0.6) is 0 Å². The molecule has 0 bridgehead atoms. The highest BCUT2D eigenvalue weighted by Crippen LogP contribution is 2.36. The lowest BCUT2D eigenvalue weighted by Crippen LogP contribution is -2.08. The zero-order valence-electron chi connectivity index (χ0n) is 7.72. The molecule has 1 aliphatic carbocycles. The summed E-state index contributed by atoms with van der Waals surface area (Å²) in [6.07, 6.45) is 2.37. The van der Waals surface area contributed by atoms with Gasteiger partial charge >= 0.3 is 0 Å². The lowest BCUT2D eigenvalue weighted by Gasteiger charge is -2.24. The van der Waals surface area contributed by atoms with Crippen LogP contribution in [0.2, 0.25) is 0 Å². The molecule has 0 nitrogen and oxygen atoms in total. The van der Waals surface area contributed by atoms with Crippen molar-refractivity contribution in [2.75, 3.05) is 0 Å². The summed E-state index contributed by atoms with van der Waals surface area (Å²) in [7, 11) is 0. The highest BCUT2D eigenvalue weighted by Gasteiger charge is 2.19. The third-order valence-electron chi connectivity index (χ3n) is 2.76. The lowest BCUT2D eigenvalue weighted by atomic mass is 9.80. The number of benzene rings is 1. The van der Waals surface area contributed by atoms with Crippen LogP contribution in [0.3, 0.4) is 0 Å². The minimum Gasteiger partial charge on any atom is -0.0694 e. The van der Waals surface area contributed by atoms with Gasteiger partial charge in [-0.15, -0.1) is 0 Å². The van der Waals surface area contributed by atoms with Crippen LogP contribution >= 0.6 is 0 Å². The van der Waals surface area contributed by atoms with Gasteiger partial charge in [-0.05, 0) is 36.5 Å². The number of allylic oxidation sites excluding steroid dienone is 2. The van der Waals surface area contributed by atoms with Gasteiger partial charge in [0.1, 0.15) is 0 Å². The Bertz CT molecular complexity index is 332. The first-order valence-corrected chi connectivity index (χ1v) is 4.60. The molecule has 0 saturated heterocycles. The molecule has 0 heteroatoms. The van der Waals surface area contributed by atoms with E-state index in [-0.39, 0.29) is 0 Å². The standard InChI is InChI=1S/C12H14/c1-3-9(2)12-8-10-6-4-5-7-11(10)12/h4-7H,3,8H2,1-2H3/b12-9+. The predicted molar refractivity (Wildman–Crippen MR) is 53.0 cm³/mol. The van der Waals surface area contributed by atoms with E-state index in [9.17, 15) is 0 Å². The molecule has 0 aromatic heterocycles. The number of fused-ring (bicyclic) bond motifs is 1. The van der Waals surface area contributed by atoms with Gasteiger partial charge in [-0.25, -0.2) is 0 Å². The molecule has 12 heavy (non-hydrogen) atoms. The van der Waals surface area contributed by atoms with Crippen LogP contribution in [0.1, 0.15) is 31.4 Å². The largest absolute Gasteiger partial charge is 0.0694 e. The lowest BCUT2D eigenvalue weighted by molar-refractivity contribution is 1.05. The van der Waals surface area contributed by atoms with Crippen molar-refractivity contribution in [3.8, 4) is 0 Å². The Hall–Kier alpha value is -1.04. The molecular formula is C12H14. The van der Waals surface area contributed by atoms with Crippen molar-refractivity contribution < 1.29 is 0 Å². The van der Waals surface area contributed by atoms with E-state index < -0.39 is 0 Å². The Balaban J connectivity index is 2.43. The highest BCUT2D eigenvalue weighted by atomic mass is 14.2. The van der Waals surface area contributed by atoms with Gasteiger partial charge in [-0.1, -0.05) is 36.8 Å². The van der Waals surface area contributed by atoms with Crippen LogP contribution in [0.25, 0.3) is 5.57 Å². The maximum absolute atomic E-state index is 2.24. The quantitative estimate of drug-likeness (QED) is 0.587. The maximum atomic E-state index is 2.24. The van der Waals surface area contributed by atoms with Crippen LogP contribution in [-0.4, -0.2) is 0 Å². The summed E-state index contributed by atoms with van der Waals surface area (Å²) in [5.74, 6) is 0. The second kappa shape index (κ2) is 2.78. The van der Waals surface area contributed by atoms with Crippen LogP contribution in [0, 0.1) is 0 Å².